The van der Waals surface area contributed by atoms with Gasteiger partial charge in [-0.1, -0.05) is 0 Å². The topological polar surface area (TPSA) is 61.7 Å². The van der Waals surface area contributed by atoms with Crippen LogP contribution in [0.2, 0.25) is 0 Å². The maximum atomic E-state index is 5.60. The molecule has 2 heterocycles. The molecule has 2 aromatic heterocycles. The van der Waals surface area contributed by atoms with Crippen molar-refractivity contribution in [2.24, 2.45) is 5.73 Å². The molecule has 86 valence electrons. The first-order valence-corrected chi connectivity index (χ1v) is 5.55. The summed E-state index contributed by atoms with van der Waals surface area (Å²) in [5.74, 6) is 0. The van der Waals surface area contributed by atoms with Crippen LogP contribution in [0.4, 0.5) is 0 Å². The number of imidazole rings is 2. The van der Waals surface area contributed by atoms with E-state index in [9.17, 15) is 0 Å². The summed E-state index contributed by atoms with van der Waals surface area (Å²) < 4.78 is 4.21. The van der Waals surface area contributed by atoms with E-state index in [-0.39, 0.29) is 0 Å². The lowest BCUT2D eigenvalue weighted by atomic mass is 10.3. The van der Waals surface area contributed by atoms with Crippen LogP contribution in [-0.2, 0) is 19.6 Å². The van der Waals surface area contributed by atoms with Gasteiger partial charge in [0.05, 0.1) is 18.3 Å². The molecule has 0 saturated carbocycles. The average Bonchev–Trinajstić information content (AvgIpc) is 2.95. The minimum Gasteiger partial charge on any atom is -0.337 e. The van der Waals surface area contributed by atoms with Crippen molar-refractivity contribution in [2.45, 2.75) is 32.5 Å². The Hall–Kier alpha value is -1.62. The Bertz CT molecular complexity index is 404. The molecule has 0 saturated heterocycles. The molecule has 0 unspecified atom stereocenters. The normalized spacial score (nSPS) is 10.8. The van der Waals surface area contributed by atoms with Gasteiger partial charge in [-0.25, -0.2) is 9.97 Å². The quantitative estimate of drug-likeness (QED) is 0.738. The molecule has 5 heteroatoms. The molecule has 0 spiro atoms. The Balaban J connectivity index is 1.72. The van der Waals surface area contributed by atoms with Crippen molar-refractivity contribution in [2.75, 3.05) is 0 Å². The molecule has 0 aromatic carbocycles. The highest BCUT2D eigenvalue weighted by molar-refractivity contribution is 4.96. The molecule has 2 aromatic rings. The van der Waals surface area contributed by atoms with Crippen LogP contribution in [0.25, 0.3) is 0 Å². The summed E-state index contributed by atoms with van der Waals surface area (Å²) in [7, 11) is 0. The molecule has 2 rings (SSSR count). The summed E-state index contributed by atoms with van der Waals surface area (Å²) in [5.41, 5.74) is 6.70. The highest BCUT2D eigenvalue weighted by atomic mass is 15.1. The highest BCUT2D eigenvalue weighted by Gasteiger charge is 1.99. The van der Waals surface area contributed by atoms with Crippen molar-refractivity contribution in [3.8, 4) is 0 Å². The number of rotatable bonds is 6. The van der Waals surface area contributed by atoms with E-state index in [0.717, 1.165) is 31.6 Å². The smallest absolute Gasteiger partial charge is 0.0948 e. The van der Waals surface area contributed by atoms with E-state index in [1.807, 2.05) is 31.2 Å². The second-order valence-corrected chi connectivity index (χ2v) is 3.79. The third-order valence-corrected chi connectivity index (χ3v) is 2.63. The number of aromatic nitrogens is 4. The van der Waals surface area contributed by atoms with Gasteiger partial charge in [0.2, 0.25) is 0 Å². The van der Waals surface area contributed by atoms with Gasteiger partial charge in [-0.15, -0.1) is 0 Å². The fourth-order valence-electron chi connectivity index (χ4n) is 1.71. The average molecular weight is 219 g/mol. The van der Waals surface area contributed by atoms with Gasteiger partial charge in [0.1, 0.15) is 0 Å². The van der Waals surface area contributed by atoms with Crippen molar-refractivity contribution in [3.05, 3.63) is 36.9 Å². The van der Waals surface area contributed by atoms with E-state index in [1.165, 1.54) is 0 Å². The lowest BCUT2D eigenvalue weighted by Gasteiger charge is -2.06. The molecule has 16 heavy (non-hydrogen) atoms. The van der Waals surface area contributed by atoms with Crippen LogP contribution in [0.5, 0.6) is 0 Å². The summed E-state index contributed by atoms with van der Waals surface area (Å²) in [5, 5.41) is 0. The van der Waals surface area contributed by atoms with Crippen molar-refractivity contribution in [1.29, 1.82) is 0 Å². The molecule has 0 aliphatic heterocycles. The lowest BCUT2D eigenvalue weighted by Crippen LogP contribution is -2.07. The first-order chi connectivity index (χ1) is 7.90. The minimum atomic E-state index is 0.557. The minimum absolute atomic E-state index is 0.557. The van der Waals surface area contributed by atoms with Gasteiger partial charge < -0.3 is 14.9 Å². The predicted molar refractivity (Wildman–Crippen MR) is 61.6 cm³/mol. The molecule has 5 nitrogen and oxygen atoms in total. The maximum absolute atomic E-state index is 5.60. The molecule has 2 N–H and O–H groups in total. The summed E-state index contributed by atoms with van der Waals surface area (Å²) in [4.78, 5) is 8.10. The third-order valence-electron chi connectivity index (χ3n) is 2.63. The van der Waals surface area contributed by atoms with E-state index in [1.54, 1.807) is 0 Å². The SMILES string of the molecule is NCc1cncn1CCCCn1ccnc1. The number of hydrogen-bond acceptors (Lipinski definition) is 3. The molecule has 0 aliphatic rings. The standard InChI is InChI=1S/C11H17N5/c12-7-11-8-14-10-16(11)5-2-1-4-15-6-3-13-9-15/h3,6,8-10H,1-2,4-5,7,12H2. The Morgan fingerprint density at radius 2 is 2.00 bits per heavy atom. The summed E-state index contributed by atoms with van der Waals surface area (Å²) in [6.45, 7) is 2.56. The zero-order valence-corrected chi connectivity index (χ0v) is 9.29. The summed E-state index contributed by atoms with van der Waals surface area (Å²) >= 11 is 0. The second-order valence-electron chi connectivity index (χ2n) is 3.79. The van der Waals surface area contributed by atoms with Gasteiger partial charge in [-0.05, 0) is 12.8 Å². The Morgan fingerprint density at radius 3 is 2.75 bits per heavy atom. The van der Waals surface area contributed by atoms with Crippen LogP contribution in [0.1, 0.15) is 18.5 Å². The van der Waals surface area contributed by atoms with Crippen LogP contribution in [0.3, 0.4) is 0 Å². The van der Waals surface area contributed by atoms with Crippen molar-refractivity contribution < 1.29 is 0 Å². The van der Waals surface area contributed by atoms with Crippen LogP contribution >= 0.6 is 0 Å². The van der Waals surface area contributed by atoms with Gasteiger partial charge in [0.15, 0.2) is 0 Å². The predicted octanol–water partition coefficient (Wildman–Crippen LogP) is 1.02. The van der Waals surface area contributed by atoms with E-state index >= 15 is 0 Å². The van der Waals surface area contributed by atoms with E-state index < -0.39 is 0 Å². The molecule has 0 bridgehead atoms. The molecular formula is C11H17N5. The number of aryl methyl sites for hydroxylation is 2. The Morgan fingerprint density at radius 1 is 1.12 bits per heavy atom. The Labute approximate surface area is 94.9 Å². The first kappa shape index (κ1) is 10.9. The fraction of sp³-hybridized carbons (Fsp3) is 0.455. The number of hydrogen-bond donors (Lipinski definition) is 1. The summed E-state index contributed by atoms with van der Waals surface area (Å²) in [6.07, 6.45) is 11.6. The highest BCUT2D eigenvalue weighted by Crippen LogP contribution is 2.02. The maximum Gasteiger partial charge on any atom is 0.0948 e. The van der Waals surface area contributed by atoms with Gasteiger partial charge in [-0.3, -0.25) is 0 Å². The van der Waals surface area contributed by atoms with Crippen LogP contribution in [0, 0.1) is 0 Å². The van der Waals surface area contributed by atoms with Crippen molar-refractivity contribution in [3.63, 3.8) is 0 Å². The monoisotopic (exact) mass is 219 g/mol. The van der Waals surface area contributed by atoms with Crippen LogP contribution in [0.15, 0.2) is 31.2 Å². The fourth-order valence-corrected chi connectivity index (χ4v) is 1.71. The molecule has 0 amide bonds. The van der Waals surface area contributed by atoms with Gasteiger partial charge in [0, 0.05) is 38.2 Å². The zero-order chi connectivity index (χ0) is 11.2. The number of unbranched alkanes of at least 4 members (excludes halogenated alkanes) is 1. The van der Waals surface area contributed by atoms with Crippen LogP contribution in [-0.4, -0.2) is 19.1 Å². The van der Waals surface area contributed by atoms with Gasteiger partial charge in [0.25, 0.3) is 0 Å². The van der Waals surface area contributed by atoms with E-state index in [0.29, 0.717) is 6.54 Å². The van der Waals surface area contributed by atoms with E-state index in [2.05, 4.69) is 19.1 Å². The number of nitrogens with zero attached hydrogens (tertiary/aromatic N) is 4. The number of nitrogens with two attached hydrogens (primary N) is 1. The molecule has 0 radical (unpaired) electrons. The largest absolute Gasteiger partial charge is 0.337 e. The van der Waals surface area contributed by atoms with Crippen molar-refractivity contribution >= 4 is 0 Å². The lowest BCUT2D eigenvalue weighted by molar-refractivity contribution is 0.543. The van der Waals surface area contributed by atoms with Crippen LogP contribution < -0.4 is 5.73 Å². The van der Waals surface area contributed by atoms with Gasteiger partial charge in [-0.2, -0.15) is 0 Å². The molecule has 0 aliphatic carbocycles. The second kappa shape index (κ2) is 5.46. The van der Waals surface area contributed by atoms with Gasteiger partial charge >= 0.3 is 0 Å². The van der Waals surface area contributed by atoms with E-state index in [4.69, 9.17) is 5.73 Å². The van der Waals surface area contributed by atoms with Crippen molar-refractivity contribution in [1.82, 2.24) is 19.1 Å². The molecular weight excluding hydrogens is 202 g/mol. The molecule has 0 atom stereocenters. The zero-order valence-electron chi connectivity index (χ0n) is 9.29. The third kappa shape index (κ3) is 2.70. The first-order valence-electron chi connectivity index (χ1n) is 5.55. The summed E-state index contributed by atoms with van der Waals surface area (Å²) in [6, 6.07) is 0. The Kier molecular flexibility index (Phi) is 3.71. The molecule has 0 fully saturated rings.